The van der Waals surface area contributed by atoms with Gasteiger partial charge in [0, 0.05) is 31.7 Å². The van der Waals surface area contributed by atoms with E-state index in [1.165, 1.54) is 5.56 Å². The summed E-state index contributed by atoms with van der Waals surface area (Å²) in [4.78, 5) is 24.0. The Kier molecular flexibility index (Phi) is 6.06. The number of nitrogens with zero attached hydrogens (tertiary/aromatic N) is 3. The molecule has 0 radical (unpaired) electrons. The van der Waals surface area contributed by atoms with Crippen LogP contribution in [0.5, 0.6) is 0 Å². The van der Waals surface area contributed by atoms with Crippen molar-refractivity contribution < 1.29 is 9.90 Å². The summed E-state index contributed by atoms with van der Waals surface area (Å²) in [5, 5.41) is 12.6. The Morgan fingerprint density at radius 3 is 2.33 bits per heavy atom. The molecular weight excluding hydrogens is 376 g/mol. The SMILES string of the molecule is Cc1nc2ccc(C(=O)NCc3ccc(CN4CCC(O)CC4)cc3)cc2nc1C. The Morgan fingerprint density at radius 1 is 1.00 bits per heavy atom. The van der Waals surface area contributed by atoms with Gasteiger partial charge in [-0.3, -0.25) is 9.69 Å². The predicted molar refractivity (Wildman–Crippen MR) is 117 cm³/mol. The molecule has 0 bridgehead atoms. The Balaban J connectivity index is 1.34. The smallest absolute Gasteiger partial charge is 0.251 e. The molecule has 1 fully saturated rings. The van der Waals surface area contributed by atoms with Crippen molar-refractivity contribution in [3.63, 3.8) is 0 Å². The van der Waals surface area contributed by atoms with E-state index in [1.54, 1.807) is 12.1 Å². The number of piperidine rings is 1. The Labute approximate surface area is 177 Å². The molecule has 3 aromatic rings. The molecule has 6 heteroatoms. The maximum atomic E-state index is 12.6. The Hall–Kier alpha value is -2.83. The summed E-state index contributed by atoms with van der Waals surface area (Å²) in [6.07, 6.45) is 1.56. The quantitative estimate of drug-likeness (QED) is 0.683. The molecule has 1 aromatic heterocycles. The first-order chi connectivity index (χ1) is 14.5. The minimum atomic E-state index is -0.143. The molecule has 0 unspecified atom stereocenters. The summed E-state index contributed by atoms with van der Waals surface area (Å²) in [6.45, 7) is 7.11. The molecule has 2 aromatic carbocycles. The number of hydrogen-bond acceptors (Lipinski definition) is 5. The third-order valence-electron chi connectivity index (χ3n) is 5.78. The van der Waals surface area contributed by atoms with E-state index in [-0.39, 0.29) is 12.0 Å². The maximum Gasteiger partial charge on any atom is 0.251 e. The van der Waals surface area contributed by atoms with Gasteiger partial charge in [0.15, 0.2) is 0 Å². The average molecular weight is 405 g/mol. The molecular formula is C24H28N4O2. The van der Waals surface area contributed by atoms with Crippen LogP contribution in [0.15, 0.2) is 42.5 Å². The first-order valence-electron chi connectivity index (χ1n) is 10.5. The number of aliphatic hydroxyl groups is 1. The number of amides is 1. The van der Waals surface area contributed by atoms with Crippen LogP contribution in [0.4, 0.5) is 0 Å². The molecule has 4 rings (SSSR count). The molecule has 30 heavy (non-hydrogen) atoms. The Bertz CT molecular complexity index is 1040. The van der Waals surface area contributed by atoms with Crippen LogP contribution in [0.25, 0.3) is 11.0 Å². The number of nitrogens with one attached hydrogen (secondary N) is 1. The molecule has 0 atom stereocenters. The second-order valence-corrected chi connectivity index (χ2v) is 8.10. The second kappa shape index (κ2) is 8.90. The van der Waals surface area contributed by atoms with Crippen LogP contribution < -0.4 is 5.32 Å². The van der Waals surface area contributed by atoms with Gasteiger partial charge in [0.2, 0.25) is 0 Å². The normalized spacial score (nSPS) is 15.4. The van der Waals surface area contributed by atoms with E-state index in [0.717, 1.165) is 60.5 Å². The summed E-state index contributed by atoms with van der Waals surface area (Å²) in [7, 11) is 0. The molecule has 0 spiro atoms. The monoisotopic (exact) mass is 404 g/mol. The van der Waals surface area contributed by atoms with Crippen LogP contribution in [0, 0.1) is 13.8 Å². The molecule has 0 saturated carbocycles. The molecule has 1 amide bonds. The van der Waals surface area contributed by atoms with Crippen molar-refractivity contribution in [3.05, 3.63) is 70.5 Å². The van der Waals surface area contributed by atoms with Crippen molar-refractivity contribution in [3.8, 4) is 0 Å². The predicted octanol–water partition coefficient (Wildman–Crippen LogP) is 3.13. The lowest BCUT2D eigenvalue weighted by molar-refractivity contribution is 0.0792. The van der Waals surface area contributed by atoms with Gasteiger partial charge in [-0.25, -0.2) is 9.97 Å². The van der Waals surface area contributed by atoms with Gasteiger partial charge in [-0.05, 0) is 56.0 Å². The molecule has 1 saturated heterocycles. The Morgan fingerprint density at radius 2 is 1.63 bits per heavy atom. The molecule has 2 heterocycles. The van der Waals surface area contributed by atoms with E-state index < -0.39 is 0 Å². The van der Waals surface area contributed by atoms with Gasteiger partial charge in [-0.15, -0.1) is 0 Å². The van der Waals surface area contributed by atoms with Crippen molar-refractivity contribution in [2.24, 2.45) is 0 Å². The molecule has 2 N–H and O–H groups in total. The van der Waals surface area contributed by atoms with Crippen LogP contribution in [0.3, 0.4) is 0 Å². The molecule has 0 aliphatic carbocycles. The van der Waals surface area contributed by atoms with Crippen molar-refractivity contribution in [1.29, 1.82) is 0 Å². The van der Waals surface area contributed by atoms with E-state index in [9.17, 15) is 9.90 Å². The molecule has 156 valence electrons. The van der Waals surface area contributed by atoms with Gasteiger partial charge in [-0.1, -0.05) is 24.3 Å². The highest BCUT2D eigenvalue weighted by Crippen LogP contribution is 2.16. The number of carbonyl (C=O) groups excluding carboxylic acids is 1. The number of aryl methyl sites for hydroxylation is 2. The highest BCUT2D eigenvalue weighted by molar-refractivity contribution is 5.97. The van der Waals surface area contributed by atoms with Gasteiger partial charge in [0.05, 0.1) is 28.5 Å². The van der Waals surface area contributed by atoms with Gasteiger partial charge in [0.1, 0.15) is 0 Å². The van der Waals surface area contributed by atoms with Crippen molar-refractivity contribution in [2.75, 3.05) is 13.1 Å². The first kappa shape index (κ1) is 20.4. The number of aromatic nitrogens is 2. The lowest BCUT2D eigenvalue weighted by Crippen LogP contribution is -2.35. The number of likely N-dealkylation sites (tertiary alicyclic amines) is 1. The van der Waals surface area contributed by atoms with Crippen LogP contribution in [-0.4, -0.2) is 45.1 Å². The van der Waals surface area contributed by atoms with E-state index in [2.05, 4.69) is 44.5 Å². The summed E-state index contributed by atoms with van der Waals surface area (Å²) < 4.78 is 0. The van der Waals surface area contributed by atoms with Crippen molar-refractivity contribution >= 4 is 16.9 Å². The van der Waals surface area contributed by atoms with Gasteiger partial charge < -0.3 is 10.4 Å². The zero-order valence-electron chi connectivity index (χ0n) is 17.6. The van der Waals surface area contributed by atoms with E-state index in [1.807, 2.05) is 19.9 Å². The standard InChI is InChI=1S/C24H28N4O2/c1-16-17(2)27-23-13-20(7-8-22(23)26-16)24(30)25-14-18-3-5-19(6-4-18)15-28-11-9-21(29)10-12-28/h3-8,13,21,29H,9-12,14-15H2,1-2H3,(H,25,30). The third kappa shape index (κ3) is 4.83. The van der Waals surface area contributed by atoms with Gasteiger partial charge in [0.25, 0.3) is 5.91 Å². The van der Waals surface area contributed by atoms with E-state index >= 15 is 0 Å². The topological polar surface area (TPSA) is 78.4 Å². The summed E-state index contributed by atoms with van der Waals surface area (Å²) in [5.74, 6) is -0.118. The summed E-state index contributed by atoms with van der Waals surface area (Å²) in [6, 6.07) is 13.8. The van der Waals surface area contributed by atoms with E-state index in [4.69, 9.17) is 0 Å². The van der Waals surface area contributed by atoms with Crippen LogP contribution in [-0.2, 0) is 13.1 Å². The van der Waals surface area contributed by atoms with Gasteiger partial charge in [-0.2, -0.15) is 0 Å². The lowest BCUT2D eigenvalue weighted by Gasteiger charge is -2.29. The van der Waals surface area contributed by atoms with E-state index in [0.29, 0.717) is 12.1 Å². The fourth-order valence-corrected chi connectivity index (χ4v) is 3.75. The molecule has 1 aliphatic rings. The van der Waals surface area contributed by atoms with Crippen molar-refractivity contribution in [2.45, 2.75) is 45.9 Å². The number of benzene rings is 2. The third-order valence-corrected chi connectivity index (χ3v) is 5.78. The first-order valence-corrected chi connectivity index (χ1v) is 10.5. The number of rotatable bonds is 5. The summed E-state index contributed by atoms with van der Waals surface area (Å²) >= 11 is 0. The molecule has 6 nitrogen and oxygen atoms in total. The van der Waals surface area contributed by atoms with Crippen LogP contribution in [0.2, 0.25) is 0 Å². The fourth-order valence-electron chi connectivity index (χ4n) is 3.75. The fraction of sp³-hybridized carbons (Fsp3) is 0.375. The maximum absolute atomic E-state index is 12.6. The van der Waals surface area contributed by atoms with Crippen LogP contribution >= 0.6 is 0 Å². The van der Waals surface area contributed by atoms with Crippen molar-refractivity contribution in [1.82, 2.24) is 20.2 Å². The lowest BCUT2D eigenvalue weighted by atomic mass is 10.1. The van der Waals surface area contributed by atoms with Gasteiger partial charge >= 0.3 is 0 Å². The van der Waals surface area contributed by atoms with Crippen LogP contribution in [0.1, 0.15) is 45.7 Å². The minimum Gasteiger partial charge on any atom is -0.393 e. The number of aliphatic hydroxyl groups excluding tert-OH is 1. The summed E-state index contributed by atoms with van der Waals surface area (Å²) in [5.41, 5.74) is 6.22. The zero-order chi connectivity index (χ0) is 21.1. The zero-order valence-corrected chi connectivity index (χ0v) is 17.6. The number of hydrogen-bond donors (Lipinski definition) is 2. The number of carbonyl (C=O) groups is 1. The second-order valence-electron chi connectivity index (χ2n) is 8.10. The largest absolute Gasteiger partial charge is 0.393 e. The minimum absolute atomic E-state index is 0.118. The highest BCUT2D eigenvalue weighted by Gasteiger charge is 2.16. The molecule has 1 aliphatic heterocycles. The highest BCUT2D eigenvalue weighted by atomic mass is 16.3. The average Bonchev–Trinajstić information content (AvgIpc) is 2.75. The number of fused-ring (bicyclic) bond motifs is 1.